The molecule has 2 N–H and O–H groups in total. The normalized spacial score (nSPS) is 15.3. The third-order valence-corrected chi connectivity index (χ3v) is 3.69. The highest BCUT2D eigenvalue weighted by atomic mass is 19.1. The molecule has 0 bridgehead atoms. The molecule has 0 spiro atoms. The summed E-state index contributed by atoms with van der Waals surface area (Å²) in [4.78, 5) is 23.5. The first-order valence-corrected chi connectivity index (χ1v) is 7.52. The van der Waals surface area contributed by atoms with Crippen LogP contribution in [0, 0.1) is 11.7 Å². The fourth-order valence-corrected chi connectivity index (χ4v) is 2.37. The van der Waals surface area contributed by atoms with Gasteiger partial charge in [0.1, 0.15) is 5.82 Å². The summed E-state index contributed by atoms with van der Waals surface area (Å²) in [5.74, 6) is -0.714. The van der Waals surface area contributed by atoms with Crippen LogP contribution in [0.3, 0.4) is 0 Å². The Morgan fingerprint density at radius 2 is 1.91 bits per heavy atom. The molecule has 120 valence electrons. The molecule has 0 saturated carbocycles. The van der Waals surface area contributed by atoms with Crippen molar-refractivity contribution in [3.05, 3.63) is 35.6 Å². The summed E-state index contributed by atoms with van der Waals surface area (Å²) in [6, 6.07) is 6.47. The summed E-state index contributed by atoms with van der Waals surface area (Å²) in [6.45, 7) is 1.47. The number of carbonyl (C=O) groups excluding carboxylic acids is 2. The lowest BCUT2D eigenvalue weighted by Crippen LogP contribution is -2.41. The Hall–Kier alpha value is -1.95. The molecule has 1 aromatic rings. The van der Waals surface area contributed by atoms with Crippen molar-refractivity contribution in [1.82, 2.24) is 10.6 Å². The summed E-state index contributed by atoms with van der Waals surface area (Å²) in [5.41, 5.74) is 0.564. The third kappa shape index (κ3) is 5.11. The van der Waals surface area contributed by atoms with Crippen molar-refractivity contribution in [2.24, 2.45) is 5.92 Å². The maximum absolute atomic E-state index is 13.4. The third-order valence-electron chi connectivity index (χ3n) is 3.69. The van der Waals surface area contributed by atoms with E-state index in [1.165, 1.54) is 6.07 Å². The second-order valence-corrected chi connectivity index (χ2v) is 5.30. The summed E-state index contributed by atoms with van der Waals surface area (Å²) in [6.07, 6.45) is 1.81. The lowest BCUT2D eigenvalue weighted by molar-refractivity contribution is -0.130. The molecule has 5 nitrogen and oxygen atoms in total. The summed E-state index contributed by atoms with van der Waals surface area (Å²) < 4.78 is 18.6. The van der Waals surface area contributed by atoms with Crippen LogP contribution in [0.25, 0.3) is 0 Å². The van der Waals surface area contributed by atoms with Gasteiger partial charge in [0.15, 0.2) is 0 Å². The second-order valence-electron chi connectivity index (χ2n) is 5.30. The molecular formula is C16H21FN2O3. The van der Waals surface area contributed by atoms with Crippen LogP contribution in [-0.4, -0.2) is 38.1 Å². The van der Waals surface area contributed by atoms with Gasteiger partial charge in [-0.3, -0.25) is 9.59 Å². The number of hydrogen-bond acceptors (Lipinski definition) is 3. The molecule has 0 radical (unpaired) electrons. The van der Waals surface area contributed by atoms with E-state index in [2.05, 4.69) is 10.6 Å². The van der Waals surface area contributed by atoms with E-state index in [1.807, 2.05) is 0 Å². The Morgan fingerprint density at radius 3 is 2.64 bits per heavy atom. The van der Waals surface area contributed by atoms with Gasteiger partial charge in [0.2, 0.25) is 11.8 Å². The number of rotatable bonds is 6. The molecule has 6 heteroatoms. The monoisotopic (exact) mass is 308 g/mol. The van der Waals surface area contributed by atoms with Gasteiger partial charge in [-0.2, -0.15) is 0 Å². The standard InChI is InChI=1S/C16H21FN2O3/c17-14-4-2-1-3-12(14)5-8-18-15(20)11-19-16(21)13-6-9-22-10-7-13/h1-4,13H,5-11H2,(H,18,20)(H,19,21). The van der Waals surface area contributed by atoms with Gasteiger partial charge < -0.3 is 15.4 Å². The van der Waals surface area contributed by atoms with E-state index < -0.39 is 0 Å². The van der Waals surface area contributed by atoms with E-state index in [1.54, 1.807) is 18.2 Å². The second kappa shape index (κ2) is 8.48. The quantitative estimate of drug-likeness (QED) is 0.825. The Bertz CT molecular complexity index is 516. The molecule has 1 aliphatic rings. The van der Waals surface area contributed by atoms with Gasteiger partial charge in [-0.1, -0.05) is 18.2 Å². The number of ether oxygens (including phenoxy) is 1. The van der Waals surface area contributed by atoms with Crippen molar-refractivity contribution < 1.29 is 18.7 Å². The van der Waals surface area contributed by atoms with Crippen LogP contribution in [0.5, 0.6) is 0 Å². The highest BCUT2D eigenvalue weighted by Crippen LogP contribution is 2.14. The highest BCUT2D eigenvalue weighted by molar-refractivity contribution is 5.85. The topological polar surface area (TPSA) is 67.4 Å². The molecule has 2 amide bonds. The van der Waals surface area contributed by atoms with Crippen LogP contribution in [0.4, 0.5) is 4.39 Å². The molecule has 1 aliphatic heterocycles. The first-order valence-electron chi connectivity index (χ1n) is 7.52. The number of halogens is 1. The molecule has 2 rings (SSSR count). The molecule has 0 atom stereocenters. The minimum Gasteiger partial charge on any atom is -0.381 e. The fraction of sp³-hybridized carbons (Fsp3) is 0.500. The summed E-state index contributed by atoms with van der Waals surface area (Å²) in [7, 11) is 0. The van der Waals surface area contributed by atoms with Gasteiger partial charge in [0, 0.05) is 25.7 Å². The number of hydrogen-bond donors (Lipinski definition) is 2. The van der Waals surface area contributed by atoms with E-state index in [9.17, 15) is 14.0 Å². The Labute approximate surface area is 129 Å². The van der Waals surface area contributed by atoms with Crippen LogP contribution < -0.4 is 10.6 Å². The van der Waals surface area contributed by atoms with Gasteiger partial charge in [0.25, 0.3) is 0 Å². The molecule has 1 saturated heterocycles. The van der Waals surface area contributed by atoms with E-state index in [0.717, 1.165) is 0 Å². The van der Waals surface area contributed by atoms with Gasteiger partial charge in [-0.15, -0.1) is 0 Å². The van der Waals surface area contributed by atoms with Crippen molar-refractivity contribution in [1.29, 1.82) is 0 Å². The van der Waals surface area contributed by atoms with Gasteiger partial charge in [0.05, 0.1) is 6.54 Å². The van der Waals surface area contributed by atoms with Crippen LogP contribution >= 0.6 is 0 Å². The van der Waals surface area contributed by atoms with Crippen molar-refractivity contribution in [2.75, 3.05) is 26.3 Å². The molecular weight excluding hydrogens is 287 g/mol. The number of nitrogens with one attached hydrogen (secondary N) is 2. The van der Waals surface area contributed by atoms with Crippen molar-refractivity contribution in [2.45, 2.75) is 19.3 Å². The minimum absolute atomic E-state index is 0.0482. The molecule has 0 aliphatic carbocycles. The maximum atomic E-state index is 13.4. The van der Waals surface area contributed by atoms with Crippen molar-refractivity contribution in [3.8, 4) is 0 Å². The Kier molecular flexibility index (Phi) is 6.33. The smallest absolute Gasteiger partial charge is 0.239 e. The largest absolute Gasteiger partial charge is 0.381 e. The molecule has 0 aromatic heterocycles. The fourth-order valence-electron chi connectivity index (χ4n) is 2.37. The zero-order chi connectivity index (χ0) is 15.8. The van der Waals surface area contributed by atoms with E-state index in [0.29, 0.717) is 44.6 Å². The predicted octanol–water partition coefficient (Wildman–Crippen LogP) is 1.03. The summed E-state index contributed by atoms with van der Waals surface area (Å²) >= 11 is 0. The SMILES string of the molecule is O=C(CNC(=O)C1CCOCC1)NCCc1ccccc1F. The summed E-state index contributed by atoms with van der Waals surface area (Å²) in [5, 5.41) is 5.30. The molecule has 1 heterocycles. The molecule has 0 unspecified atom stereocenters. The van der Waals surface area contributed by atoms with Crippen molar-refractivity contribution >= 4 is 11.8 Å². The Balaban J connectivity index is 1.63. The van der Waals surface area contributed by atoms with Crippen LogP contribution in [0.15, 0.2) is 24.3 Å². The van der Waals surface area contributed by atoms with Crippen LogP contribution in [0.1, 0.15) is 18.4 Å². The molecule has 1 aromatic carbocycles. The lowest BCUT2D eigenvalue weighted by atomic mass is 9.99. The molecule has 1 fully saturated rings. The van der Waals surface area contributed by atoms with Gasteiger partial charge in [-0.05, 0) is 30.9 Å². The van der Waals surface area contributed by atoms with E-state index >= 15 is 0 Å². The maximum Gasteiger partial charge on any atom is 0.239 e. The predicted molar refractivity (Wildman–Crippen MR) is 79.7 cm³/mol. The molecule has 22 heavy (non-hydrogen) atoms. The van der Waals surface area contributed by atoms with Gasteiger partial charge >= 0.3 is 0 Å². The Morgan fingerprint density at radius 1 is 1.18 bits per heavy atom. The average Bonchev–Trinajstić information content (AvgIpc) is 2.55. The van der Waals surface area contributed by atoms with E-state index in [4.69, 9.17) is 4.74 Å². The minimum atomic E-state index is -0.274. The number of benzene rings is 1. The first kappa shape index (κ1) is 16.4. The van der Waals surface area contributed by atoms with Gasteiger partial charge in [-0.25, -0.2) is 4.39 Å². The van der Waals surface area contributed by atoms with Crippen molar-refractivity contribution in [3.63, 3.8) is 0 Å². The van der Waals surface area contributed by atoms with E-state index in [-0.39, 0.29) is 30.1 Å². The number of carbonyl (C=O) groups is 2. The average molecular weight is 308 g/mol. The zero-order valence-electron chi connectivity index (χ0n) is 12.4. The number of amides is 2. The van der Waals surface area contributed by atoms with Crippen LogP contribution in [0.2, 0.25) is 0 Å². The zero-order valence-corrected chi connectivity index (χ0v) is 12.4. The highest BCUT2D eigenvalue weighted by Gasteiger charge is 2.21. The lowest BCUT2D eigenvalue weighted by Gasteiger charge is -2.21. The first-order chi connectivity index (χ1) is 10.7. The van der Waals surface area contributed by atoms with Crippen LogP contribution in [-0.2, 0) is 20.7 Å².